The van der Waals surface area contributed by atoms with Gasteiger partial charge in [0, 0.05) is 23.9 Å². The lowest BCUT2D eigenvalue weighted by Gasteiger charge is -2.13. The van der Waals surface area contributed by atoms with Crippen LogP contribution in [0.25, 0.3) is 6.08 Å². The predicted molar refractivity (Wildman–Crippen MR) is 56.3 cm³/mol. The summed E-state index contributed by atoms with van der Waals surface area (Å²) in [5.74, 6) is 0. The Hall–Kier alpha value is -0.930. The fraction of sp³-hybridized carbons (Fsp3) is 0.200. The number of fused-ring (bicyclic) bond motifs is 1. The Labute approximate surface area is 80.8 Å². The van der Waals surface area contributed by atoms with E-state index >= 15 is 0 Å². The fourth-order valence-corrected chi connectivity index (χ4v) is 1.93. The van der Waals surface area contributed by atoms with E-state index in [9.17, 15) is 4.55 Å². The normalized spacial score (nSPS) is 16.2. The van der Waals surface area contributed by atoms with Crippen LogP contribution in [0.4, 0.5) is 5.69 Å². The molecule has 0 spiro atoms. The summed E-state index contributed by atoms with van der Waals surface area (Å²) in [5.41, 5.74) is 2.25. The van der Waals surface area contributed by atoms with Gasteiger partial charge in [-0.15, -0.1) is 0 Å². The summed E-state index contributed by atoms with van der Waals surface area (Å²) in [4.78, 5) is 0.882. The maximum Gasteiger partial charge on any atom is 0.153 e. The van der Waals surface area contributed by atoms with E-state index in [0.29, 0.717) is 0 Å². The Morgan fingerprint density at radius 3 is 3.08 bits per heavy atom. The second kappa shape index (κ2) is 3.44. The number of rotatable bonds is 1. The zero-order valence-electron chi connectivity index (χ0n) is 7.41. The highest BCUT2D eigenvalue weighted by Crippen LogP contribution is 2.23. The van der Waals surface area contributed by atoms with Gasteiger partial charge in [0.1, 0.15) is 6.26 Å². The third-order valence-electron chi connectivity index (χ3n) is 2.06. The first kappa shape index (κ1) is 8.66. The zero-order chi connectivity index (χ0) is 9.26. The molecule has 1 heterocycles. The van der Waals surface area contributed by atoms with E-state index in [-0.39, 0.29) is 0 Å². The van der Waals surface area contributed by atoms with Crippen LogP contribution in [0.5, 0.6) is 0 Å². The SMILES string of the molecule is C[S+]([O-])c1ccc2c(c1)C=CCN2. The third-order valence-corrected chi connectivity index (χ3v) is 2.98. The van der Waals surface area contributed by atoms with Gasteiger partial charge < -0.3 is 9.87 Å². The molecule has 2 nitrogen and oxygen atoms in total. The van der Waals surface area contributed by atoms with Gasteiger partial charge in [0.2, 0.25) is 0 Å². The summed E-state index contributed by atoms with van der Waals surface area (Å²) < 4.78 is 11.2. The average Bonchev–Trinajstić information content (AvgIpc) is 2.17. The molecule has 0 saturated heterocycles. The first-order valence-corrected chi connectivity index (χ1v) is 5.71. The molecule has 0 bridgehead atoms. The van der Waals surface area contributed by atoms with Crippen molar-refractivity contribution in [1.82, 2.24) is 0 Å². The summed E-state index contributed by atoms with van der Waals surface area (Å²) in [7, 11) is 0. The second-order valence-electron chi connectivity index (χ2n) is 2.99. The lowest BCUT2D eigenvalue weighted by atomic mass is 10.1. The summed E-state index contributed by atoms with van der Waals surface area (Å²) in [6, 6.07) is 5.85. The summed E-state index contributed by atoms with van der Waals surface area (Å²) in [6.45, 7) is 0.877. The molecule has 1 N–H and O–H groups in total. The molecule has 0 saturated carbocycles. The Morgan fingerprint density at radius 1 is 1.46 bits per heavy atom. The topological polar surface area (TPSA) is 35.1 Å². The van der Waals surface area contributed by atoms with Crippen LogP contribution in [-0.4, -0.2) is 17.4 Å². The lowest BCUT2D eigenvalue weighted by molar-refractivity contribution is 0.601. The van der Waals surface area contributed by atoms with Crippen LogP contribution < -0.4 is 5.32 Å². The molecule has 0 amide bonds. The highest BCUT2D eigenvalue weighted by molar-refractivity contribution is 7.90. The highest BCUT2D eigenvalue weighted by Gasteiger charge is 2.09. The van der Waals surface area contributed by atoms with E-state index in [0.717, 1.165) is 22.7 Å². The van der Waals surface area contributed by atoms with E-state index in [2.05, 4.69) is 17.5 Å². The Morgan fingerprint density at radius 2 is 2.31 bits per heavy atom. The molecular formula is C10H11NOS. The minimum Gasteiger partial charge on any atom is -0.612 e. The second-order valence-corrected chi connectivity index (χ2v) is 4.37. The van der Waals surface area contributed by atoms with E-state index in [1.165, 1.54) is 0 Å². The lowest BCUT2D eigenvalue weighted by Crippen LogP contribution is -2.05. The van der Waals surface area contributed by atoms with Crippen molar-refractivity contribution in [2.75, 3.05) is 18.1 Å². The molecule has 3 heteroatoms. The number of anilines is 1. The molecule has 1 atom stereocenters. The standard InChI is InChI=1S/C10H11NOS/c1-13(12)9-4-5-10-8(7-9)3-2-6-11-10/h2-5,7,11H,6H2,1H3. The molecule has 1 unspecified atom stereocenters. The van der Waals surface area contributed by atoms with Crippen molar-refractivity contribution >= 4 is 22.9 Å². The maximum atomic E-state index is 11.2. The van der Waals surface area contributed by atoms with Gasteiger partial charge in [-0.2, -0.15) is 0 Å². The molecule has 13 heavy (non-hydrogen) atoms. The minimum absolute atomic E-state index is 0.877. The summed E-state index contributed by atoms with van der Waals surface area (Å²) in [6.07, 6.45) is 5.81. The van der Waals surface area contributed by atoms with Crippen LogP contribution in [0.15, 0.2) is 29.2 Å². The van der Waals surface area contributed by atoms with Crippen molar-refractivity contribution in [1.29, 1.82) is 0 Å². The monoisotopic (exact) mass is 193 g/mol. The van der Waals surface area contributed by atoms with E-state index in [1.807, 2.05) is 18.2 Å². The molecule has 0 aromatic heterocycles. The van der Waals surface area contributed by atoms with Gasteiger partial charge in [-0.3, -0.25) is 0 Å². The smallest absolute Gasteiger partial charge is 0.153 e. The Bertz CT molecular complexity index is 347. The van der Waals surface area contributed by atoms with Crippen LogP contribution >= 0.6 is 0 Å². The number of nitrogens with one attached hydrogen (secondary N) is 1. The van der Waals surface area contributed by atoms with Gasteiger partial charge in [-0.05, 0) is 23.3 Å². The molecule has 2 rings (SSSR count). The van der Waals surface area contributed by atoms with Crippen LogP contribution in [0.1, 0.15) is 5.56 Å². The molecule has 1 aromatic carbocycles. The van der Waals surface area contributed by atoms with Crippen LogP contribution in [-0.2, 0) is 11.2 Å². The third kappa shape index (κ3) is 1.71. The van der Waals surface area contributed by atoms with Crippen molar-refractivity contribution in [3.8, 4) is 0 Å². The van der Waals surface area contributed by atoms with Crippen molar-refractivity contribution in [3.05, 3.63) is 29.8 Å². The van der Waals surface area contributed by atoms with Crippen molar-refractivity contribution in [2.45, 2.75) is 4.90 Å². The average molecular weight is 193 g/mol. The van der Waals surface area contributed by atoms with Crippen LogP contribution in [0.3, 0.4) is 0 Å². The molecule has 1 aromatic rings. The molecular weight excluding hydrogens is 182 g/mol. The predicted octanol–water partition coefficient (Wildman–Crippen LogP) is 1.86. The molecule has 0 radical (unpaired) electrons. The van der Waals surface area contributed by atoms with Gasteiger partial charge in [0.15, 0.2) is 4.90 Å². The quantitative estimate of drug-likeness (QED) is 0.691. The molecule has 1 aliphatic rings. The number of hydrogen-bond donors (Lipinski definition) is 1. The number of benzene rings is 1. The number of hydrogen-bond acceptors (Lipinski definition) is 2. The minimum atomic E-state index is -0.889. The van der Waals surface area contributed by atoms with Crippen LogP contribution in [0, 0.1) is 0 Å². The largest absolute Gasteiger partial charge is 0.612 e. The maximum absolute atomic E-state index is 11.2. The first-order chi connectivity index (χ1) is 6.27. The van der Waals surface area contributed by atoms with Gasteiger partial charge in [0.05, 0.1) is 0 Å². The van der Waals surface area contributed by atoms with Gasteiger partial charge >= 0.3 is 0 Å². The first-order valence-electron chi connectivity index (χ1n) is 4.15. The van der Waals surface area contributed by atoms with Gasteiger partial charge in [-0.25, -0.2) is 0 Å². The molecule has 0 aliphatic carbocycles. The van der Waals surface area contributed by atoms with E-state index in [1.54, 1.807) is 6.26 Å². The van der Waals surface area contributed by atoms with E-state index in [4.69, 9.17) is 0 Å². The molecule has 1 aliphatic heterocycles. The van der Waals surface area contributed by atoms with Crippen molar-refractivity contribution < 1.29 is 4.55 Å². The van der Waals surface area contributed by atoms with Gasteiger partial charge in [-0.1, -0.05) is 12.2 Å². The molecule has 0 fully saturated rings. The Balaban J connectivity index is 2.43. The van der Waals surface area contributed by atoms with Crippen molar-refractivity contribution in [3.63, 3.8) is 0 Å². The van der Waals surface area contributed by atoms with Gasteiger partial charge in [0.25, 0.3) is 0 Å². The summed E-state index contributed by atoms with van der Waals surface area (Å²) in [5, 5.41) is 3.24. The fourth-order valence-electron chi connectivity index (χ4n) is 1.37. The summed E-state index contributed by atoms with van der Waals surface area (Å²) >= 11 is -0.889. The highest BCUT2D eigenvalue weighted by atomic mass is 32.2. The molecule has 68 valence electrons. The van der Waals surface area contributed by atoms with E-state index < -0.39 is 11.2 Å². The van der Waals surface area contributed by atoms with Crippen LogP contribution in [0.2, 0.25) is 0 Å². The van der Waals surface area contributed by atoms with Crippen molar-refractivity contribution in [2.24, 2.45) is 0 Å². The zero-order valence-corrected chi connectivity index (χ0v) is 8.23. The Kier molecular flexibility index (Phi) is 2.29.